The van der Waals surface area contributed by atoms with Crippen LogP contribution in [0.5, 0.6) is 0 Å². The second-order valence-corrected chi connectivity index (χ2v) is 7.18. The Morgan fingerprint density at radius 1 is 1.35 bits per heavy atom. The minimum absolute atomic E-state index is 0.00685. The monoisotopic (exact) mass is 360 g/mol. The average Bonchev–Trinajstić information content (AvgIpc) is 3.19. The quantitative estimate of drug-likeness (QED) is 0.905. The molecule has 26 heavy (non-hydrogen) atoms. The second kappa shape index (κ2) is 6.51. The third-order valence-electron chi connectivity index (χ3n) is 4.67. The lowest BCUT2D eigenvalue weighted by Gasteiger charge is -2.19. The van der Waals surface area contributed by atoms with E-state index in [4.69, 9.17) is 0 Å². The van der Waals surface area contributed by atoms with Crippen molar-refractivity contribution in [2.24, 2.45) is 5.41 Å². The highest BCUT2D eigenvalue weighted by atomic mass is 19.1. The molecule has 1 amide bonds. The first-order chi connectivity index (χ1) is 12.2. The maximum atomic E-state index is 13.6. The highest BCUT2D eigenvalue weighted by Gasteiger charge is 2.43. The molecule has 8 heteroatoms. The Bertz CT molecular complexity index is 864. The van der Waals surface area contributed by atoms with E-state index in [2.05, 4.69) is 10.1 Å². The van der Waals surface area contributed by atoms with Crippen LogP contribution in [-0.4, -0.2) is 49.7 Å². The summed E-state index contributed by atoms with van der Waals surface area (Å²) in [5.74, 6) is -1.24. The molecule has 1 atom stereocenters. The summed E-state index contributed by atoms with van der Waals surface area (Å²) in [6.45, 7) is 5.90. The lowest BCUT2D eigenvalue weighted by atomic mass is 9.90. The summed E-state index contributed by atoms with van der Waals surface area (Å²) in [4.78, 5) is 30.0. The molecule has 1 aliphatic rings. The fraction of sp³-hybridized carbons (Fsp3) is 0.444. The van der Waals surface area contributed by atoms with Gasteiger partial charge in [0.25, 0.3) is 5.91 Å². The summed E-state index contributed by atoms with van der Waals surface area (Å²) in [5, 5.41) is 13.6. The zero-order chi connectivity index (χ0) is 19.1. The van der Waals surface area contributed by atoms with Crippen LogP contribution in [0.25, 0.3) is 5.69 Å². The van der Waals surface area contributed by atoms with Crippen LogP contribution in [-0.2, 0) is 4.79 Å². The largest absolute Gasteiger partial charge is 0.481 e. The third kappa shape index (κ3) is 3.18. The van der Waals surface area contributed by atoms with Crippen LogP contribution >= 0.6 is 0 Å². The molecular weight excluding hydrogens is 339 g/mol. The molecule has 1 unspecified atom stereocenters. The second-order valence-electron chi connectivity index (χ2n) is 7.18. The van der Waals surface area contributed by atoms with Gasteiger partial charge in [-0.2, -0.15) is 0 Å². The number of halogens is 1. The Morgan fingerprint density at radius 2 is 2.08 bits per heavy atom. The van der Waals surface area contributed by atoms with Gasteiger partial charge < -0.3 is 10.0 Å². The van der Waals surface area contributed by atoms with Crippen LogP contribution in [0.1, 0.15) is 49.6 Å². The lowest BCUT2D eigenvalue weighted by molar-refractivity contribution is -0.147. The van der Waals surface area contributed by atoms with Crippen molar-refractivity contribution in [3.63, 3.8) is 0 Å². The van der Waals surface area contributed by atoms with Gasteiger partial charge in [-0.25, -0.2) is 14.1 Å². The summed E-state index contributed by atoms with van der Waals surface area (Å²) < 4.78 is 15.0. The Kier molecular flexibility index (Phi) is 4.52. The standard InChI is InChI=1S/C18H21FN4O3/c1-11(2)15-20-14(21-23(15)13-6-4-5-12(19)9-13)16(24)22-8-7-18(3,10-22)17(25)26/h4-6,9,11H,7-8,10H2,1-3H3,(H,25,26). The highest BCUT2D eigenvalue weighted by molar-refractivity contribution is 5.91. The number of carbonyl (C=O) groups excluding carboxylic acids is 1. The number of rotatable bonds is 4. The molecular formula is C18H21FN4O3. The number of benzene rings is 1. The fourth-order valence-electron chi connectivity index (χ4n) is 3.04. The first-order valence-corrected chi connectivity index (χ1v) is 8.47. The van der Waals surface area contributed by atoms with E-state index >= 15 is 0 Å². The molecule has 1 saturated heterocycles. The molecule has 2 aromatic rings. The molecule has 0 spiro atoms. The van der Waals surface area contributed by atoms with E-state index < -0.39 is 23.1 Å². The first-order valence-electron chi connectivity index (χ1n) is 8.47. The van der Waals surface area contributed by atoms with Crippen molar-refractivity contribution in [1.29, 1.82) is 0 Å². The van der Waals surface area contributed by atoms with Gasteiger partial charge in [-0.3, -0.25) is 9.59 Å². The molecule has 1 fully saturated rings. The van der Waals surface area contributed by atoms with Crippen molar-refractivity contribution in [1.82, 2.24) is 19.7 Å². The minimum atomic E-state index is -0.957. The van der Waals surface area contributed by atoms with Crippen LogP contribution in [0.2, 0.25) is 0 Å². The summed E-state index contributed by atoms with van der Waals surface area (Å²) in [6.07, 6.45) is 0.385. The molecule has 7 nitrogen and oxygen atoms in total. The SMILES string of the molecule is CC(C)c1nc(C(=O)N2CCC(C)(C(=O)O)C2)nn1-c1cccc(F)c1. The Hall–Kier alpha value is -2.77. The summed E-state index contributed by atoms with van der Waals surface area (Å²) in [6, 6.07) is 5.91. The van der Waals surface area contributed by atoms with Gasteiger partial charge in [0.15, 0.2) is 0 Å². The number of hydrogen-bond donors (Lipinski definition) is 1. The smallest absolute Gasteiger partial charge is 0.311 e. The van der Waals surface area contributed by atoms with E-state index in [9.17, 15) is 19.1 Å². The van der Waals surface area contributed by atoms with Crippen molar-refractivity contribution >= 4 is 11.9 Å². The molecule has 1 aliphatic heterocycles. The molecule has 0 radical (unpaired) electrons. The van der Waals surface area contributed by atoms with Crippen molar-refractivity contribution in [2.75, 3.05) is 13.1 Å². The lowest BCUT2D eigenvalue weighted by Crippen LogP contribution is -2.35. The molecule has 1 aromatic carbocycles. The predicted molar refractivity (Wildman–Crippen MR) is 91.7 cm³/mol. The number of aromatic nitrogens is 3. The number of nitrogens with zero attached hydrogens (tertiary/aromatic N) is 4. The normalized spacial score (nSPS) is 20.0. The molecule has 2 heterocycles. The Labute approximate surface area is 150 Å². The molecule has 1 aromatic heterocycles. The van der Waals surface area contributed by atoms with E-state index in [1.807, 2.05) is 13.8 Å². The summed E-state index contributed by atoms with van der Waals surface area (Å²) in [5.41, 5.74) is -0.473. The molecule has 3 rings (SSSR count). The van der Waals surface area contributed by atoms with E-state index in [1.165, 1.54) is 21.7 Å². The van der Waals surface area contributed by atoms with E-state index in [0.717, 1.165) is 0 Å². The number of hydrogen-bond acceptors (Lipinski definition) is 4. The molecule has 138 valence electrons. The topological polar surface area (TPSA) is 88.3 Å². The average molecular weight is 360 g/mol. The fourth-order valence-corrected chi connectivity index (χ4v) is 3.04. The number of carbonyl (C=O) groups is 2. The number of carboxylic acids is 1. The van der Waals surface area contributed by atoms with Crippen LogP contribution in [0, 0.1) is 11.2 Å². The number of likely N-dealkylation sites (tertiary alicyclic amines) is 1. The number of carboxylic acid groups (broad SMARTS) is 1. The van der Waals surface area contributed by atoms with Crippen LogP contribution in [0.4, 0.5) is 4.39 Å². The Morgan fingerprint density at radius 3 is 2.65 bits per heavy atom. The van der Waals surface area contributed by atoms with Gasteiger partial charge in [0.2, 0.25) is 5.82 Å². The molecule has 0 saturated carbocycles. The maximum absolute atomic E-state index is 13.6. The van der Waals surface area contributed by atoms with Crippen LogP contribution in [0.3, 0.4) is 0 Å². The van der Waals surface area contributed by atoms with Crippen molar-refractivity contribution < 1.29 is 19.1 Å². The van der Waals surface area contributed by atoms with Crippen LogP contribution < -0.4 is 0 Å². The molecule has 1 N–H and O–H groups in total. The maximum Gasteiger partial charge on any atom is 0.311 e. The third-order valence-corrected chi connectivity index (χ3v) is 4.67. The van der Waals surface area contributed by atoms with Crippen molar-refractivity contribution in [2.45, 2.75) is 33.1 Å². The molecule has 0 aliphatic carbocycles. The summed E-state index contributed by atoms with van der Waals surface area (Å²) in [7, 11) is 0. The van der Waals surface area contributed by atoms with Gasteiger partial charge in [0, 0.05) is 19.0 Å². The zero-order valence-electron chi connectivity index (χ0n) is 14.9. The van der Waals surface area contributed by atoms with Gasteiger partial charge >= 0.3 is 5.97 Å². The van der Waals surface area contributed by atoms with Gasteiger partial charge in [0.1, 0.15) is 11.6 Å². The van der Waals surface area contributed by atoms with Crippen LogP contribution in [0.15, 0.2) is 24.3 Å². The predicted octanol–water partition coefficient (Wildman–Crippen LogP) is 2.47. The van der Waals surface area contributed by atoms with Crippen molar-refractivity contribution in [3.05, 3.63) is 41.7 Å². The first kappa shape index (κ1) is 18.0. The van der Waals surface area contributed by atoms with E-state index in [-0.39, 0.29) is 18.3 Å². The van der Waals surface area contributed by atoms with Gasteiger partial charge in [-0.1, -0.05) is 19.9 Å². The Balaban J connectivity index is 1.93. The van der Waals surface area contributed by atoms with Crippen molar-refractivity contribution in [3.8, 4) is 5.69 Å². The summed E-state index contributed by atoms with van der Waals surface area (Å²) >= 11 is 0. The van der Waals surface area contributed by atoms with E-state index in [1.54, 1.807) is 19.1 Å². The van der Waals surface area contributed by atoms with Gasteiger partial charge in [-0.05, 0) is 31.5 Å². The molecule has 0 bridgehead atoms. The number of aliphatic carboxylic acids is 1. The minimum Gasteiger partial charge on any atom is -0.481 e. The van der Waals surface area contributed by atoms with E-state index in [0.29, 0.717) is 24.5 Å². The highest BCUT2D eigenvalue weighted by Crippen LogP contribution is 2.31. The number of amides is 1. The zero-order valence-corrected chi connectivity index (χ0v) is 14.9. The van der Waals surface area contributed by atoms with Gasteiger partial charge in [0.05, 0.1) is 11.1 Å². The van der Waals surface area contributed by atoms with Gasteiger partial charge in [-0.15, -0.1) is 5.10 Å².